The molecular formula is C12H23N7O. The Hall–Kier alpha value is -1.51. The first-order valence-corrected chi connectivity index (χ1v) is 6.90. The Morgan fingerprint density at radius 1 is 1.65 bits per heavy atom. The van der Waals surface area contributed by atoms with E-state index in [0.717, 1.165) is 13.1 Å². The van der Waals surface area contributed by atoms with E-state index in [2.05, 4.69) is 34.2 Å². The molecular weight excluding hydrogens is 258 g/mol. The number of likely N-dealkylation sites (tertiary alicyclic amines) is 1. The van der Waals surface area contributed by atoms with E-state index in [1.807, 2.05) is 5.43 Å². The first-order valence-electron chi connectivity index (χ1n) is 6.90. The van der Waals surface area contributed by atoms with Crippen molar-refractivity contribution in [2.24, 2.45) is 5.84 Å². The molecule has 1 aliphatic heterocycles. The van der Waals surface area contributed by atoms with Crippen LogP contribution < -0.4 is 11.3 Å². The van der Waals surface area contributed by atoms with Crippen molar-refractivity contribution < 1.29 is 4.79 Å². The topological polar surface area (TPSA) is 92.3 Å². The summed E-state index contributed by atoms with van der Waals surface area (Å²) < 4.78 is 1.67. The van der Waals surface area contributed by atoms with E-state index in [-0.39, 0.29) is 5.69 Å². The number of hydrogen-bond donors (Lipinski definition) is 2. The number of nitrogens with one attached hydrogen (secondary N) is 1. The number of hydrogen-bond acceptors (Lipinski definition) is 6. The molecule has 8 nitrogen and oxygen atoms in total. The highest BCUT2D eigenvalue weighted by atomic mass is 16.2. The highest BCUT2D eigenvalue weighted by Crippen LogP contribution is 2.15. The summed E-state index contributed by atoms with van der Waals surface area (Å²) in [5.74, 6) is 4.63. The summed E-state index contributed by atoms with van der Waals surface area (Å²) in [5, 5.41) is 7.69. The molecule has 1 saturated heterocycles. The van der Waals surface area contributed by atoms with Gasteiger partial charge in [-0.2, -0.15) is 0 Å². The number of nitrogens with zero attached hydrogens (tertiary/aromatic N) is 5. The number of carbonyl (C=O) groups is 1. The molecule has 1 aliphatic rings. The molecule has 1 atom stereocenters. The Bertz CT molecular complexity index is 447. The maximum atomic E-state index is 11.3. The number of rotatable bonds is 6. The summed E-state index contributed by atoms with van der Waals surface area (Å²) in [4.78, 5) is 16.0. The molecule has 0 saturated carbocycles. The van der Waals surface area contributed by atoms with Crippen molar-refractivity contribution in [2.75, 3.05) is 33.7 Å². The molecule has 3 N–H and O–H groups in total. The first-order chi connectivity index (χ1) is 9.60. The number of carbonyl (C=O) groups excluding carboxylic acids is 1. The van der Waals surface area contributed by atoms with Crippen LogP contribution in [0.3, 0.4) is 0 Å². The van der Waals surface area contributed by atoms with Gasteiger partial charge in [0.25, 0.3) is 5.91 Å². The van der Waals surface area contributed by atoms with E-state index in [9.17, 15) is 4.79 Å². The average Bonchev–Trinajstić information content (AvgIpc) is 3.06. The second-order valence-electron chi connectivity index (χ2n) is 5.38. The quantitative estimate of drug-likeness (QED) is 0.391. The molecule has 1 aromatic heterocycles. The van der Waals surface area contributed by atoms with Crippen molar-refractivity contribution in [2.45, 2.75) is 25.4 Å². The minimum atomic E-state index is -0.419. The van der Waals surface area contributed by atoms with Crippen LogP contribution >= 0.6 is 0 Å². The van der Waals surface area contributed by atoms with E-state index in [1.165, 1.54) is 19.4 Å². The van der Waals surface area contributed by atoms with Gasteiger partial charge in [-0.15, -0.1) is 5.10 Å². The van der Waals surface area contributed by atoms with Crippen LogP contribution in [0.2, 0.25) is 0 Å². The van der Waals surface area contributed by atoms with Crippen molar-refractivity contribution in [3.8, 4) is 0 Å². The number of likely N-dealkylation sites (N-methyl/N-ethyl adjacent to an activating group) is 2. The second-order valence-corrected chi connectivity index (χ2v) is 5.38. The normalized spacial score (nSPS) is 19.7. The number of hydrazine groups is 1. The van der Waals surface area contributed by atoms with Crippen molar-refractivity contribution in [3.63, 3.8) is 0 Å². The molecule has 2 heterocycles. The van der Waals surface area contributed by atoms with Crippen LogP contribution in [0.1, 0.15) is 23.3 Å². The Balaban J connectivity index is 1.76. The molecule has 0 aromatic carbocycles. The summed E-state index contributed by atoms with van der Waals surface area (Å²) in [6, 6.07) is 0.648. The fraction of sp³-hybridized carbons (Fsp3) is 0.750. The molecule has 8 heteroatoms. The minimum absolute atomic E-state index is 0.241. The third kappa shape index (κ3) is 3.75. The lowest BCUT2D eigenvalue weighted by Crippen LogP contribution is -2.37. The Kier molecular flexibility index (Phi) is 5.05. The summed E-state index contributed by atoms with van der Waals surface area (Å²) in [5.41, 5.74) is 2.28. The molecule has 0 spiro atoms. The summed E-state index contributed by atoms with van der Waals surface area (Å²) in [7, 11) is 4.29. The van der Waals surface area contributed by atoms with Crippen molar-refractivity contribution in [1.29, 1.82) is 0 Å². The predicted octanol–water partition coefficient (Wildman–Crippen LogP) is -1.09. The molecule has 2 rings (SSSR count). The predicted molar refractivity (Wildman–Crippen MR) is 74.8 cm³/mol. The van der Waals surface area contributed by atoms with E-state index in [4.69, 9.17) is 5.84 Å². The number of aromatic nitrogens is 3. The van der Waals surface area contributed by atoms with Gasteiger partial charge in [0.2, 0.25) is 0 Å². The molecule has 112 valence electrons. The number of nitrogens with two attached hydrogens (primary N) is 1. The molecule has 1 fully saturated rings. The maximum Gasteiger partial charge on any atom is 0.287 e. The summed E-state index contributed by atoms with van der Waals surface area (Å²) in [6.07, 6.45) is 4.17. The maximum absolute atomic E-state index is 11.3. The van der Waals surface area contributed by atoms with E-state index < -0.39 is 5.91 Å². The smallest absolute Gasteiger partial charge is 0.287 e. The first kappa shape index (κ1) is 14.9. The number of amides is 1. The fourth-order valence-electron chi connectivity index (χ4n) is 2.52. The molecule has 0 bridgehead atoms. The Labute approximate surface area is 118 Å². The fourth-order valence-corrected chi connectivity index (χ4v) is 2.52. The Morgan fingerprint density at radius 3 is 3.10 bits per heavy atom. The van der Waals surface area contributed by atoms with Gasteiger partial charge in [-0.25, -0.2) is 5.84 Å². The third-order valence-electron chi connectivity index (χ3n) is 3.81. The SMILES string of the molecule is CN(CCn1cc(C(=O)NN)nn1)CC1CCCN1C. The van der Waals surface area contributed by atoms with Crippen molar-refractivity contribution in [3.05, 3.63) is 11.9 Å². The van der Waals surface area contributed by atoms with Crippen LogP contribution in [0.25, 0.3) is 0 Å². The van der Waals surface area contributed by atoms with Gasteiger partial charge in [-0.3, -0.25) is 14.9 Å². The lowest BCUT2D eigenvalue weighted by Gasteiger charge is -2.25. The summed E-state index contributed by atoms with van der Waals surface area (Å²) >= 11 is 0. The lowest BCUT2D eigenvalue weighted by molar-refractivity contribution is 0.0948. The van der Waals surface area contributed by atoms with Gasteiger partial charge in [0, 0.05) is 19.1 Å². The van der Waals surface area contributed by atoms with Gasteiger partial charge >= 0.3 is 0 Å². The highest BCUT2D eigenvalue weighted by Gasteiger charge is 2.21. The molecule has 1 unspecified atom stereocenters. The molecule has 0 aliphatic carbocycles. The van der Waals surface area contributed by atoms with Gasteiger partial charge in [0.05, 0.1) is 12.7 Å². The molecule has 1 aromatic rings. The van der Waals surface area contributed by atoms with Crippen LogP contribution in [0.5, 0.6) is 0 Å². The van der Waals surface area contributed by atoms with E-state index >= 15 is 0 Å². The standard InChI is InChI=1S/C12H23N7O/c1-17(8-10-4-3-5-18(10)2)6-7-19-9-11(15-16-19)12(20)14-13/h9-10H,3-8,13H2,1-2H3,(H,14,20). The zero-order chi connectivity index (χ0) is 14.5. The van der Waals surface area contributed by atoms with Crippen LogP contribution in [0.4, 0.5) is 0 Å². The monoisotopic (exact) mass is 281 g/mol. The molecule has 0 radical (unpaired) electrons. The largest absolute Gasteiger partial charge is 0.303 e. The number of nitrogen functional groups attached to an aromatic ring is 1. The second kappa shape index (κ2) is 6.78. The van der Waals surface area contributed by atoms with E-state index in [0.29, 0.717) is 12.6 Å². The van der Waals surface area contributed by atoms with Gasteiger partial charge in [-0.05, 0) is 33.5 Å². The third-order valence-corrected chi connectivity index (χ3v) is 3.81. The van der Waals surface area contributed by atoms with Gasteiger partial charge in [-0.1, -0.05) is 5.21 Å². The molecule has 1 amide bonds. The minimum Gasteiger partial charge on any atom is -0.303 e. The summed E-state index contributed by atoms with van der Waals surface area (Å²) in [6.45, 7) is 3.83. The van der Waals surface area contributed by atoms with Crippen LogP contribution in [-0.2, 0) is 6.54 Å². The van der Waals surface area contributed by atoms with Crippen LogP contribution in [-0.4, -0.2) is 70.5 Å². The van der Waals surface area contributed by atoms with Crippen LogP contribution in [0.15, 0.2) is 6.20 Å². The van der Waals surface area contributed by atoms with Gasteiger partial charge in [0.15, 0.2) is 5.69 Å². The van der Waals surface area contributed by atoms with E-state index in [1.54, 1.807) is 10.9 Å². The Morgan fingerprint density at radius 2 is 2.45 bits per heavy atom. The van der Waals surface area contributed by atoms with Crippen molar-refractivity contribution in [1.82, 2.24) is 30.2 Å². The highest BCUT2D eigenvalue weighted by molar-refractivity contribution is 5.91. The zero-order valence-electron chi connectivity index (χ0n) is 12.1. The zero-order valence-corrected chi connectivity index (χ0v) is 12.1. The van der Waals surface area contributed by atoms with Gasteiger partial charge in [0.1, 0.15) is 0 Å². The van der Waals surface area contributed by atoms with Gasteiger partial charge < -0.3 is 9.80 Å². The van der Waals surface area contributed by atoms with Crippen LogP contribution in [0, 0.1) is 0 Å². The average molecular weight is 281 g/mol. The van der Waals surface area contributed by atoms with Crippen molar-refractivity contribution >= 4 is 5.91 Å². The molecule has 20 heavy (non-hydrogen) atoms. The lowest BCUT2D eigenvalue weighted by atomic mass is 10.2.